The number of nitrogens with zero attached hydrogens (tertiary/aromatic N) is 2. The molecule has 0 radical (unpaired) electrons. The van der Waals surface area contributed by atoms with Crippen molar-refractivity contribution in [1.82, 2.24) is 15.1 Å². The molecule has 36 heavy (non-hydrogen) atoms. The van der Waals surface area contributed by atoms with Crippen LogP contribution in [0.5, 0.6) is 0 Å². The first kappa shape index (κ1) is 27.6. The number of aliphatic hydroxyl groups is 2. The Kier molecular flexibility index (Phi) is 8.70. The van der Waals surface area contributed by atoms with Crippen LogP contribution in [0.1, 0.15) is 45.1 Å². The molecule has 0 saturated carbocycles. The molecule has 2 saturated heterocycles. The Morgan fingerprint density at radius 2 is 1.75 bits per heavy atom. The summed E-state index contributed by atoms with van der Waals surface area (Å²) in [6.07, 6.45) is -0.246. The summed E-state index contributed by atoms with van der Waals surface area (Å²) in [7, 11) is 0. The molecule has 11 nitrogen and oxygen atoms in total. The van der Waals surface area contributed by atoms with Crippen molar-refractivity contribution in [3.05, 3.63) is 35.9 Å². The lowest BCUT2D eigenvalue weighted by molar-refractivity contribution is -0.152. The molecule has 0 aliphatic carbocycles. The molecule has 4 amide bonds. The van der Waals surface area contributed by atoms with Gasteiger partial charge in [-0.25, -0.2) is 0 Å². The lowest BCUT2D eigenvalue weighted by atomic mass is 9.86. The van der Waals surface area contributed by atoms with E-state index in [2.05, 4.69) is 5.32 Å². The zero-order valence-corrected chi connectivity index (χ0v) is 20.8. The molecule has 2 aliphatic rings. The zero-order valence-electron chi connectivity index (χ0n) is 20.8. The Bertz CT molecular complexity index is 971. The number of hydrogen-bond acceptors (Lipinski definition) is 7. The lowest BCUT2D eigenvalue weighted by Gasteiger charge is -2.41. The van der Waals surface area contributed by atoms with Crippen molar-refractivity contribution in [3.8, 4) is 0 Å². The van der Waals surface area contributed by atoms with Gasteiger partial charge in [0.25, 0.3) is 0 Å². The fourth-order valence-electron chi connectivity index (χ4n) is 5.20. The maximum Gasteiger partial charge on any atom is 0.247 e. The van der Waals surface area contributed by atoms with Crippen LogP contribution < -0.4 is 16.8 Å². The van der Waals surface area contributed by atoms with Crippen molar-refractivity contribution >= 4 is 23.6 Å². The van der Waals surface area contributed by atoms with Crippen molar-refractivity contribution in [3.63, 3.8) is 0 Å². The van der Waals surface area contributed by atoms with E-state index >= 15 is 0 Å². The number of carbonyl (C=O) groups is 4. The number of nitrogens with two attached hydrogens (primary N) is 2. The number of primary amides is 1. The van der Waals surface area contributed by atoms with Gasteiger partial charge in [-0.1, -0.05) is 30.3 Å². The first-order valence-electron chi connectivity index (χ1n) is 12.4. The second kappa shape index (κ2) is 11.4. The van der Waals surface area contributed by atoms with Gasteiger partial charge in [0, 0.05) is 19.5 Å². The molecule has 1 aromatic rings. The maximum atomic E-state index is 13.9. The third-order valence-corrected chi connectivity index (χ3v) is 7.22. The van der Waals surface area contributed by atoms with Crippen LogP contribution in [0.2, 0.25) is 0 Å². The minimum atomic E-state index is -1.34. The third-order valence-electron chi connectivity index (χ3n) is 7.22. The van der Waals surface area contributed by atoms with E-state index in [0.717, 1.165) is 5.56 Å². The van der Waals surface area contributed by atoms with E-state index in [0.29, 0.717) is 32.2 Å². The summed E-state index contributed by atoms with van der Waals surface area (Å²) >= 11 is 0. The molecule has 11 heteroatoms. The van der Waals surface area contributed by atoms with E-state index in [4.69, 9.17) is 11.5 Å². The predicted molar refractivity (Wildman–Crippen MR) is 131 cm³/mol. The average Bonchev–Trinajstić information content (AvgIpc) is 3.49. The smallest absolute Gasteiger partial charge is 0.247 e. The van der Waals surface area contributed by atoms with Gasteiger partial charge in [0.15, 0.2) is 0 Å². The Morgan fingerprint density at radius 1 is 1.08 bits per heavy atom. The van der Waals surface area contributed by atoms with Crippen LogP contribution in [-0.4, -0.2) is 92.6 Å². The highest BCUT2D eigenvalue weighted by Crippen LogP contribution is 2.36. The van der Waals surface area contributed by atoms with Gasteiger partial charge in [0.2, 0.25) is 23.6 Å². The number of aliphatic hydroxyl groups excluding tert-OH is 2. The minimum Gasteiger partial charge on any atom is -0.391 e. The molecule has 0 bridgehead atoms. The van der Waals surface area contributed by atoms with E-state index in [-0.39, 0.29) is 18.9 Å². The molecule has 0 spiro atoms. The minimum absolute atomic E-state index is 0.185. The summed E-state index contributed by atoms with van der Waals surface area (Å²) in [5.74, 6) is -2.36. The topological polar surface area (TPSA) is 179 Å². The Labute approximate surface area is 210 Å². The number of likely N-dealkylation sites (tertiary alicyclic amines) is 2. The van der Waals surface area contributed by atoms with Crippen LogP contribution in [0.15, 0.2) is 30.3 Å². The first-order valence-corrected chi connectivity index (χ1v) is 12.4. The third kappa shape index (κ3) is 5.53. The van der Waals surface area contributed by atoms with Crippen molar-refractivity contribution < 1.29 is 29.4 Å². The summed E-state index contributed by atoms with van der Waals surface area (Å²) in [4.78, 5) is 55.4. The number of hydrogen-bond donors (Lipinski definition) is 5. The monoisotopic (exact) mass is 503 g/mol. The highest BCUT2D eigenvalue weighted by molar-refractivity contribution is 5.98. The van der Waals surface area contributed by atoms with Gasteiger partial charge < -0.3 is 36.8 Å². The summed E-state index contributed by atoms with van der Waals surface area (Å²) in [6.45, 7) is 3.39. The van der Waals surface area contributed by atoms with Crippen LogP contribution in [0.4, 0.5) is 0 Å². The Hall–Kier alpha value is -3.02. The molecule has 0 aromatic heterocycles. The van der Waals surface area contributed by atoms with E-state index < -0.39 is 53.6 Å². The van der Waals surface area contributed by atoms with Crippen molar-refractivity contribution in [2.75, 3.05) is 13.1 Å². The van der Waals surface area contributed by atoms with Crippen LogP contribution >= 0.6 is 0 Å². The van der Waals surface area contributed by atoms with E-state index in [1.54, 1.807) is 0 Å². The summed E-state index contributed by atoms with van der Waals surface area (Å²) in [6, 6.07) is 5.92. The number of nitrogens with one attached hydrogen (secondary N) is 1. The predicted octanol–water partition coefficient (Wildman–Crippen LogP) is -1.36. The number of benzene rings is 1. The van der Waals surface area contributed by atoms with Gasteiger partial charge in [-0.15, -0.1) is 0 Å². The van der Waals surface area contributed by atoms with E-state index in [1.165, 1.54) is 23.6 Å². The van der Waals surface area contributed by atoms with Gasteiger partial charge in [0.05, 0.1) is 12.2 Å². The Morgan fingerprint density at radius 3 is 2.33 bits per heavy atom. The number of rotatable bonds is 9. The van der Waals surface area contributed by atoms with Gasteiger partial charge in [-0.05, 0) is 45.1 Å². The van der Waals surface area contributed by atoms with Crippen molar-refractivity contribution in [1.29, 1.82) is 0 Å². The van der Waals surface area contributed by atoms with Gasteiger partial charge >= 0.3 is 0 Å². The van der Waals surface area contributed by atoms with Crippen molar-refractivity contribution in [2.24, 2.45) is 11.5 Å². The van der Waals surface area contributed by atoms with Gasteiger partial charge in [-0.3, -0.25) is 19.2 Å². The average molecular weight is 504 g/mol. The van der Waals surface area contributed by atoms with Crippen LogP contribution in [0, 0.1) is 0 Å². The molecule has 198 valence electrons. The molecular formula is C25H37N5O6. The molecule has 6 atom stereocenters. The summed E-state index contributed by atoms with van der Waals surface area (Å²) in [5, 5.41) is 22.4. The molecule has 2 aliphatic heterocycles. The van der Waals surface area contributed by atoms with E-state index in [1.807, 2.05) is 30.3 Å². The maximum absolute atomic E-state index is 13.9. The standard InChI is InChI=1S/C25H37N5O6/c1-15(31)19(26)23(35)29-12-6-10-18(29)22(34)30-13-7-11-25(30,14-17-8-4-3-5-9-17)24(36)28-20(16(2)32)21(27)33/h3-5,8-9,15-16,18-20,31-32H,6-7,10-14,26H2,1-2H3,(H2,27,33)(H,28,36)/t15-,16-,18+,19+,20+,25-/m1/s1. The lowest BCUT2D eigenvalue weighted by Crippen LogP contribution is -2.65. The van der Waals surface area contributed by atoms with Crippen molar-refractivity contribution in [2.45, 2.75) is 81.8 Å². The largest absolute Gasteiger partial charge is 0.391 e. The zero-order chi connectivity index (χ0) is 26.6. The molecule has 1 aromatic carbocycles. The number of carbonyl (C=O) groups excluding carboxylic acids is 4. The van der Waals surface area contributed by atoms with E-state index in [9.17, 15) is 29.4 Å². The molecule has 7 N–H and O–H groups in total. The highest BCUT2D eigenvalue weighted by atomic mass is 16.3. The molecular weight excluding hydrogens is 466 g/mol. The summed E-state index contributed by atoms with van der Waals surface area (Å²) < 4.78 is 0. The van der Waals surface area contributed by atoms with Gasteiger partial charge in [0.1, 0.15) is 23.7 Å². The Balaban J connectivity index is 1.96. The second-order valence-corrected chi connectivity index (χ2v) is 9.84. The highest BCUT2D eigenvalue weighted by Gasteiger charge is 2.53. The SMILES string of the molecule is C[C@@H](O)[C@H](N)C(=O)N1CCC[C@H]1C(=O)N1CCC[C@@]1(Cc1ccccc1)C(=O)N[C@H](C(N)=O)[C@@H](C)O. The first-order chi connectivity index (χ1) is 17.0. The van der Waals surface area contributed by atoms with Crippen LogP contribution in [0.3, 0.4) is 0 Å². The molecule has 2 fully saturated rings. The molecule has 3 rings (SSSR count). The number of amides is 4. The summed E-state index contributed by atoms with van der Waals surface area (Å²) in [5.41, 5.74) is 10.8. The van der Waals surface area contributed by atoms with Crippen LogP contribution in [-0.2, 0) is 25.6 Å². The molecule has 0 unspecified atom stereocenters. The normalized spacial score (nSPS) is 25.2. The van der Waals surface area contributed by atoms with Crippen LogP contribution in [0.25, 0.3) is 0 Å². The molecule has 2 heterocycles. The quantitative estimate of drug-likeness (QED) is 0.276. The second-order valence-electron chi connectivity index (χ2n) is 9.84. The fraction of sp³-hybridized carbons (Fsp3) is 0.600. The van der Waals surface area contributed by atoms with Gasteiger partial charge in [-0.2, -0.15) is 0 Å². The fourth-order valence-corrected chi connectivity index (χ4v) is 5.20.